The SMILES string of the molecule is CCOc1cc(/C=N/NC(=O)CN(c2ccccc2)S(=O)(=O)c2ccccc2[N+](=O)[O-])ccc1OCc1cccc(Cl)c1. The van der Waals surface area contributed by atoms with E-state index >= 15 is 0 Å². The molecule has 1 N–H and O–H groups in total. The summed E-state index contributed by atoms with van der Waals surface area (Å²) in [7, 11) is -4.51. The molecule has 4 rings (SSSR count). The Hall–Kier alpha value is -4.94. The molecule has 11 nitrogen and oxygen atoms in total. The highest BCUT2D eigenvalue weighted by atomic mass is 35.5. The predicted octanol–water partition coefficient (Wildman–Crippen LogP) is 5.57. The van der Waals surface area contributed by atoms with Gasteiger partial charge in [0, 0.05) is 11.1 Å². The summed E-state index contributed by atoms with van der Waals surface area (Å²) in [4.78, 5) is 23.1. The molecule has 222 valence electrons. The summed E-state index contributed by atoms with van der Waals surface area (Å²) in [6.45, 7) is 1.81. The predicted molar refractivity (Wildman–Crippen MR) is 163 cm³/mol. The number of carbonyl (C=O) groups excluding carboxylic acids is 1. The Bertz CT molecular complexity index is 1730. The Kier molecular flexibility index (Phi) is 10.3. The number of benzene rings is 4. The molecule has 4 aromatic carbocycles. The van der Waals surface area contributed by atoms with Crippen molar-refractivity contribution >= 4 is 45.1 Å². The van der Waals surface area contributed by atoms with Crippen LogP contribution in [0.25, 0.3) is 0 Å². The average molecular weight is 623 g/mol. The molecule has 0 unspecified atom stereocenters. The first-order valence-corrected chi connectivity index (χ1v) is 14.8. The number of nitrogens with zero attached hydrogens (tertiary/aromatic N) is 3. The van der Waals surface area contributed by atoms with Gasteiger partial charge < -0.3 is 9.47 Å². The number of sulfonamides is 1. The van der Waals surface area contributed by atoms with Crippen molar-refractivity contribution in [2.75, 3.05) is 17.5 Å². The van der Waals surface area contributed by atoms with Gasteiger partial charge in [0.1, 0.15) is 13.2 Å². The third-order valence-corrected chi connectivity index (χ3v) is 7.97. The molecule has 13 heteroatoms. The summed E-state index contributed by atoms with van der Waals surface area (Å²) >= 11 is 6.04. The Morgan fingerprint density at radius 3 is 2.44 bits per heavy atom. The molecule has 0 aliphatic rings. The van der Waals surface area contributed by atoms with Crippen LogP contribution in [0.15, 0.2) is 107 Å². The minimum atomic E-state index is -4.51. The third kappa shape index (κ3) is 8.09. The zero-order valence-corrected chi connectivity index (χ0v) is 24.5. The van der Waals surface area contributed by atoms with Crippen LogP contribution in [0.5, 0.6) is 11.5 Å². The number of amides is 1. The van der Waals surface area contributed by atoms with Gasteiger partial charge in [-0.25, -0.2) is 13.8 Å². The van der Waals surface area contributed by atoms with E-state index in [0.29, 0.717) is 28.7 Å². The van der Waals surface area contributed by atoms with Gasteiger partial charge >= 0.3 is 0 Å². The maximum absolute atomic E-state index is 13.6. The zero-order chi connectivity index (χ0) is 30.8. The average Bonchev–Trinajstić information content (AvgIpc) is 3.00. The second kappa shape index (κ2) is 14.3. The molecule has 0 heterocycles. The van der Waals surface area contributed by atoms with Crippen molar-refractivity contribution in [3.05, 3.63) is 123 Å². The lowest BCUT2D eigenvalue weighted by molar-refractivity contribution is -0.387. The van der Waals surface area contributed by atoms with Crippen molar-refractivity contribution in [1.82, 2.24) is 5.43 Å². The number of hydrogen-bond acceptors (Lipinski definition) is 8. The molecular formula is C30H27ClN4O7S. The molecule has 0 fully saturated rings. The number of para-hydroxylation sites is 2. The van der Waals surface area contributed by atoms with Crippen molar-refractivity contribution in [2.45, 2.75) is 18.4 Å². The summed E-state index contributed by atoms with van der Waals surface area (Å²) < 4.78 is 39.5. The lowest BCUT2D eigenvalue weighted by Gasteiger charge is -2.23. The van der Waals surface area contributed by atoms with E-state index in [9.17, 15) is 23.3 Å². The van der Waals surface area contributed by atoms with E-state index in [1.54, 1.807) is 48.5 Å². The number of hydrazone groups is 1. The van der Waals surface area contributed by atoms with Crippen molar-refractivity contribution in [2.24, 2.45) is 5.10 Å². The first kappa shape index (κ1) is 31.0. The summed E-state index contributed by atoms with van der Waals surface area (Å²) in [5.74, 6) is 0.195. The maximum Gasteiger partial charge on any atom is 0.289 e. The van der Waals surface area contributed by atoms with Crippen molar-refractivity contribution in [3.8, 4) is 11.5 Å². The molecule has 0 bridgehead atoms. The van der Waals surface area contributed by atoms with E-state index in [1.165, 1.54) is 30.5 Å². The topological polar surface area (TPSA) is 140 Å². The van der Waals surface area contributed by atoms with Gasteiger partial charge in [-0.15, -0.1) is 0 Å². The van der Waals surface area contributed by atoms with Crippen molar-refractivity contribution < 1.29 is 27.6 Å². The first-order valence-electron chi connectivity index (χ1n) is 13.0. The maximum atomic E-state index is 13.6. The summed E-state index contributed by atoms with van der Waals surface area (Å²) in [5.41, 5.74) is 3.32. The van der Waals surface area contributed by atoms with E-state index in [4.69, 9.17) is 21.1 Å². The lowest BCUT2D eigenvalue weighted by Crippen LogP contribution is -2.39. The normalized spacial score (nSPS) is 11.2. The second-order valence-corrected chi connectivity index (χ2v) is 11.2. The minimum Gasteiger partial charge on any atom is -0.490 e. The molecular weight excluding hydrogens is 596 g/mol. The number of nitro benzene ring substituents is 1. The number of rotatable bonds is 13. The van der Waals surface area contributed by atoms with Crippen LogP contribution in [0, 0.1) is 10.1 Å². The molecule has 0 radical (unpaired) electrons. The molecule has 4 aromatic rings. The van der Waals surface area contributed by atoms with E-state index in [2.05, 4.69) is 10.5 Å². The molecule has 0 saturated carbocycles. The van der Waals surface area contributed by atoms with Crippen LogP contribution in [0.4, 0.5) is 11.4 Å². The highest BCUT2D eigenvalue weighted by Crippen LogP contribution is 2.30. The van der Waals surface area contributed by atoms with Crippen molar-refractivity contribution in [1.29, 1.82) is 0 Å². The van der Waals surface area contributed by atoms with E-state index in [0.717, 1.165) is 22.0 Å². The van der Waals surface area contributed by atoms with E-state index in [-0.39, 0.29) is 12.3 Å². The highest BCUT2D eigenvalue weighted by molar-refractivity contribution is 7.93. The van der Waals surface area contributed by atoms with Crippen LogP contribution in [0.1, 0.15) is 18.1 Å². The highest BCUT2D eigenvalue weighted by Gasteiger charge is 2.33. The number of ether oxygens (including phenoxy) is 2. The summed E-state index contributed by atoms with van der Waals surface area (Å²) in [6.07, 6.45) is 1.37. The van der Waals surface area contributed by atoms with Gasteiger partial charge in [0.25, 0.3) is 21.6 Å². The van der Waals surface area contributed by atoms with Gasteiger partial charge in [-0.05, 0) is 66.6 Å². The quantitative estimate of drug-likeness (QED) is 0.117. The molecule has 0 saturated heterocycles. The summed E-state index contributed by atoms with van der Waals surface area (Å²) in [5, 5.41) is 16.1. The number of nitrogens with one attached hydrogen (secondary N) is 1. The zero-order valence-electron chi connectivity index (χ0n) is 22.9. The first-order chi connectivity index (χ1) is 20.7. The largest absolute Gasteiger partial charge is 0.490 e. The van der Waals surface area contributed by atoms with Crippen LogP contribution in [-0.4, -0.2) is 38.6 Å². The third-order valence-electron chi connectivity index (χ3n) is 5.92. The molecule has 0 atom stereocenters. The van der Waals surface area contributed by atoms with Crippen molar-refractivity contribution in [3.63, 3.8) is 0 Å². The van der Waals surface area contributed by atoms with Gasteiger partial charge in [-0.2, -0.15) is 5.10 Å². The molecule has 1 amide bonds. The van der Waals surface area contributed by atoms with Gasteiger partial charge in [0.2, 0.25) is 0 Å². The second-order valence-electron chi connectivity index (χ2n) is 8.92. The van der Waals surface area contributed by atoms with Gasteiger partial charge in [-0.3, -0.25) is 19.2 Å². The molecule has 43 heavy (non-hydrogen) atoms. The fourth-order valence-corrected chi connectivity index (χ4v) is 5.77. The molecule has 0 spiro atoms. The van der Waals surface area contributed by atoms with Crippen LogP contribution >= 0.6 is 11.6 Å². The van der Waals surface area contributed by atoms with Crippen LogP contribution < -0.4 is 19.2 Å². The summed E-state index contributed by atoms with van der Waals surface area (Å²) in [6, 6.07) is 25.2. The van der Waals surface area contributed by atoms with Gasteiger partial charge in [0.15, 0.2) is 16.4 Å². The number of nitro groups is 1. The van der Waals surface area contributed by atoms with Gasteiger partial charge in [0.05, 0.1) is 23.4 Å². The van der Waals surface area contributed by atoms with E-state index < -0.39 is 38.0 Å². The number of carbonyl (C=O) groups is 1. The molecule has 0 aliphatic carbocycles. The smallest absolute Gasteiger partial charge is 0.289 e. The van der Waals surface area contributed by atoms with Gasteiger partial charge in [-0.1, -0.05) is 54.1 Å². The standard InChI is InChI=1S/C30H27ClN4O7S/c1-2-41-28-18-22(15-16-27(28)42-21-23-9-8-10-24(31)17-23)19-32-33-30(36)20-34(25-11-4-3-5-12-25)43(39,40)29-14-7-6-13-26(29)35(37)38/h3-19H,2,20-21H2,1H3,(H,33,36)/b32-19+. The Balaban J connectivity index is 1.49. The fraction of sp³-hybridized carbons (Fsp3) is 0.133. The van der Waals surface area contributed by atoms with Crippen LogP contribution in [-0.2, 0) is 21.4 Å². The Morgan fingerprint density at radius 1 is 0.977 bits per heavy atom. The lowest BCUT2D eigenvalue weighted by atomic mass is 10.2. The van der Waals surface area contributed by atoms with Crippen LogP contribution in [0.2, 0.25) is 5.02 Å². The van der Waals surface area contributed by atoms with Crippen LogP contribution in [0.3, 0.4) is 0 Å². The Morgan fingerprint density at radius 2 is 1.72 bits per heavy atom. The fourth-order valence-electron chi connectivity index (χ4n) is 3.98. The Labute approximate surface area is 253 Å². The van der Waals surface area contributed by atoms with E-state index in [1.807, 2.05) is 19.1 Å². The minimum absolute atomic E-state index is 0.148. The molecule has 0 aliphatic heterocycles. The number of anilines is 1. The molecule has 0 aromatic heterocycles. The monoisotopic (exact) mass is 622 g/mol. The number of halogens is 1. The number of hydrogen-bond donors (Lipinski definition) is 1.